The second-order valence-corrected chi connectivity index (χ2v) is 6.93. The van der Waals surface area contributed by atoms with Crippen molar-refractivity contribution < 1.29 is 13.9 Å². The molecule has 2 fully saturated rings. The summed E-state index contributed by atoms with van der Waals surface area (Å²) < 4.78 is 11.2. The highest BCUT2D eigenvalue weighted by Gasteiger charge is 2.29. The minimum absolute atomic E-state index is 0. The molecule has 1 aromatic heterocycles. The molecule has 0 radical (unpaired) electrons. The molecule has 1 aromatic rings. The smallest absolute Gasteiger partial charge is 0.237 e. The van der Waals surface area contributed by atoms with E-state index in [0.717, 1.165) is 37.5 Å². The molecule has 150 valence electrons. The Kier molecular flexibility index (Phi) is 9.97. The number of nitrogens with two attached hydrogens (primary N) is 1. The van der Waals surface area contributed by atoms with Crippen LogP contribution in [-0.4, -0.2) is 49.7 Å². The number of hydrogen-bond donors (Lipinski definition) is 2. The first kappa shape index (κ1) is 23.2. The lowest BCUT2D eigenvalue weighted by Crippen LogP contribution is -2.49. The Bertz CT molecular complexity index is 544. The number of nitrogens with one attached hydrogen (secondary N) is 1. The fourth-order valence-corrected chi connectivity index (χ4v) is 3.70. The molecule has 0 aromatic carbocycles. The van der Waals surface area contributed by atoms with E-state index in [0.29, 0.717) is 19.8 Å². The molecular weight excluding hydrogens is 377 g/mol. The molecule has 8 heteroatoms. The number of aryl methyl sites for hydroxylation is 1. The summed E-state index contributed by atoms with van der Waals surface area (Å²) in [5, 5.41) is 3.06. The predicted octanol–water partition coefficient (Wildman–Crippen LogP) is 2.44. The summed E-state index contributed by atoms with van der Waals surface area (Å²) in [4.78, 5) is 14.9. The number of ether oxygens (including phenoxy) is 1. The van der Waals surface area contributed by atoms with Gasteiger partial charge in [-0.2, -0.15) is 0 Å². The first-order valence-corrected chi connectivity index (χ1v) is 9.06. The minimum Gasteiger partial charge on any atom is -0.465 e. The summed E-state index contributed by atoms with van der Waals surface area (Å²) in [6, 6.07) is 3.63. The van der Waals surface area contributed by atoms with Crippen LogP contribution < -0.4 is 11.1 Å². The van der Waals surface area contributed by atoms with Gasteiger partial charge in [-0.1, -0.05) is 0 Å². The van der Waals surface area contributed by atoms with Gasteiger partial charge in [-0.05, 0) is 63.7 Å². The second-order valence-electron chi connectivity index (χ2n) is 6.93. The topological polar surface area (TPSA) is 80.7 Å². The number of amides is 1. The van der Waals surface area contributed by atoms with Crippen molar-refractivity contribution in [1.29, 1.82) is 0 Å². The number of carbonyl (C=O) groups is 1. The monoisotopic (exact) mass is 407 g/mol. The van der Waals surface area contributed by atoms with Crippen molar-refractivity contribution in [2.24, 2.45) is 11.7 Å². The lowest BCUT2D eigenvalue weighted by molar-refractivity contribution is -0.124. The summed E-state index contributed by atoms with van der Waals surface area (Å²) in [6.07, 6.45) is 4.13. The molecule has 2 unspecified atom stereocenters. The van der Waals surface area contributed by atoms with Gasteiger partial charge in [0.25, 0.3) is 0 Å². The van der Waals surface area contributed by atoms with Gasteiger partial charge in [-0.15, -0.1) is 24.8 Å². The molecule has 0 aliphatic carbocycles. The Morgan fingerprint density at radius 1 is 1.27 bits per heavy atom. The highest BCUT2D eigenvalue weighted by atomic mass is 35.5. The van der Waals surface area contributed by atoms with E-state index in [4.69, 9.17) is 14.9 Å². The Morgan fingerprint density at radius 3 is 2.50 bits per heavy atom. The Morgan fingerprint density at radius 2 is 1.92 bits per heavy atom. The van der Waals surface area contributed by atoms with Crippen LogP contribution in [-0.2, 0) is 9.53 Å². The van der Waals surface area contributed by atoms with Gasteiger partial charge in [0.15, 0.2) is 0 Å². The van der Waals surface area contributed by atoms with Gasteiger partial charge in [0, 0.05) is 19.8 Å². The molecule has 0 spiro atoms. The van der Waals surface area contributed by atoms with Crippen molar-refractivity contribution in [3.8, 4) is 0 Å². The molecule has 2 saturated heterocycles. The lowest BCUT2D eigenvalue weighted by atomic mass is 9.92. The molecular formula is C18H31Cl2N3O3. The summed E-state index contributed by atoms with van der Waals surface area (Å²) in [5.41, 5.74) is 6.17. The lowest BCUT2D eigenvalue weighted by Gasteiger charge is -2.29. The third kappa shape index (κ3) is 5.86. The minimum atomic E-state index is -0.452. The van der Waals surface area contributed by atoms with Gasteiger partial charge in [-0.25, -0.2) is 0 Å². The number of furan rings is 1. The first-order valence-electron chi connectivity index (χ1n) is 9.06. The van der Waals surface area contributed by atoms with Crippen molar-refractivity contribution in [3.05, 3.63) is 23.7 Å². The number of rotatable bonds is 6. The van der Waals surface area contributed by atoms with Gasteiger partial charge >= 0.3 is 0 Å². The molecule has 2 aliphatic rings. The maximum atomic E-state index is 12.5. The third-order valence-electron chi connectivity index (χ3n) is 5.22. The molecule has 26 heavy (non-hydrogen) atoms. The highest BCUT2D eigenvalue weighted by Crippen LogP contribution is 2.26. The van der Waals surface area contributed by atoms with Crippen molar-refractivity contribution in [2.45, 2.75) is 44.7 Å². The van der Waals surface area contributed by atoms with E-state index in [2.05, 4.69) is 10.2 Å². The van der Waals surface area contributed by atoms with Gasteiger partial charge in [-0.3, -0.25) is 9.69 Å². The Balaban J connectivity index is 0.00000169. The number of nitrogens with zero attached hydrogens (tertiary/aromatic N) is 1. The van der Waals surface area contributed by atoms with Crippen molar-refractivity contribution in [1.82, 2.24) is 10.2 Å². The summed E-state index contributed by atoms with van der Waals surface area (Å²) >= 11 is 0. The molecule has 3 rings (SSSR count). The zero-order chi connectivity index (χ0) is 16.9. The van der Waals surface area contributed by atoms with E-state index in [1.807, 2.05) is 19.1 Å². The fourth-order valence-electron chi connectivity index (χ4n) is 3.70. The molecule has 3 N–H and O–H groups in total. The molecule has 0 bridgehead atoms. The average molecular weight is 408 g/mol. The van der Waals surface area contributed by atoms with E-state index in [9.17, 15) is 4.79 Å². The van der Waals surface area contributed by atoms with Crippen LogP contribution >= 0.6 is 24.8 Å². The molecule has 6 nitrogen and oxygen atoms in total. The van der Waals surface area contributed by atoms with Crippen LogP contribution in [0.5, 0.6) is 0 Å². The zero-order valence-electron chi connectivity index (χ0n) is 15.3. The van der Waals surface area contributed by atoms with Crippen LogP contribution in [0.25, 0.3) is 0 Å². The van der Waals surface area contributed by atoms with Gasteiger partial charge < -0.3 is 20.2 Å². The molecule has 2 aliphatic heterocycles. The van der Waals surface area contributed by atoms with Crippen LogP contribution in [0.2, 0.25) is 0 Å². The Hall–Kier alpha value is -0.790. The van der Waals surface area contributed by atoms with Gasteiger partial charge in [0.2, 0.25) is 5.91 Å². The largest absolute Gasteiger partial charge is 0.465 e. The molecule has 0 saturated carbocycles. The molecule has 2 atom stereocenters. The maximum absolute atomic E-state index is 12.5. The normalized spacial score (nSPS) is 20.7. The maximum Gasteiger partial charge on any atom is 0.237 e. The molecule has 1 amide bonds. The third-order valence-corrected chi connectivity index (χ3v) is 5.22. The van der Waals surface area contributed by atoms with Crippen molar-refractivity contribution in [3.63, 3.8) is 0 Å². The second kappa shape index (κ2) is 11.1. The quantitative estimate of drug-likeness (QED) is 0.756. The zero-order valence-corrected chi connectivity index (χ0v) is 16.9. The number of hydrogen-bond acceptors (Lipinski definition) is 5. The van der Waals surface area contributed by atoms with Crippen LogP contribution in [0.15, 0.2) is 16.5 Å². The van der Waals surface area contributed by atoms with Crippen molar-refractivity contribution in [2.75, 3.05) is 32.8 Å². The highest BCUT2D eigenvalue weighted by molar-refractivity contribution is 5.85. The van der Waals surface area contributed by atoms with Crippen LogP contribution in [0.1, 0.15) is 43.2 Å². The van der Waals surface area contributed by atoms with Gasteiger partial charge in [0.05, 0.1) is 12.1 Å². The van der Waals surface area contributed by atoms with Crippen molar-refractivity contribution >= 4 is 30.7 Å². The fraction of sp³-hybridized carbons (Fsp3) is 0.722. The van der Waals surface area contributed by atoms with E-state index in [1.54, 1.807) is 0 Å². The number of likely N-dealkylation sites (tertiary alicyclic amines) is 1. The summed E-state index contributed by atoms with van der Waals surface area (Å²) in [6.45, 7) is 5.99. The van der Waals surface area contributed by atoms with E-state index >= 15 is 0 Å². The van der Waals surface area contributed by atoms with E-state index < -0.39 is 6.04 Å². The standard InChI is InChI=1S/C18H29N3O3.2ClH/c1-13-4-5-16(24-13)15(21-8-2-3-9-21)12-20-18(22)17(19)14-6-10-23-11-7-14;;/h4-5,14-15,17H,2-3,6-12,19H2,1H3,(H,20,22);2*1H. The van der Waals surface area contributed by atoms with E-state index in [-0.39, 0.29) is 42.7 Å². The van der Waals surface area contributed by atoms with Gasteiger partial charge in [0.1, 0.15) is 11.5 Å². The SMILES string of the molecule is Cc1ccc(C(CNC(=O)C(N)C2CCOCC2)N2CCCC2)o1.Cl.Cl. The van der Waals surface area contributed by atoms with Crippen LogP contribution in [0.3, 0.4) is 0 Å². The van der Waals surface area contributed by atoms with Crippen LogP contribution in [0, 0.1) is 12.8 Å². The van der Waals surface area contributed by atoms with Crippen LogP contribution in [0.4, 0.5) is 0 Å². The Labute approximate surface area is 168 Å². The number of carbonyl (C=O) groups excluding carboxylic acids is 1. The average Bonchev–Trinajstić information content (AvgIpc) is 3.27. The number of halogens is 2. The van der Waals surface area contributed by atoms with E-state index in [1.165, 1.54) is 12.8 Å². The summed E-state index contributed by atoms with van der Waals surface area (Å²) in [5.74, 6) is 1.98. The first-order chi connectivity index (χ1) is 11.6. The predicted molar refractivity (Wildman–Crippen MR) is 106 cm³/mol. The molecule has 3 heterocycles. The summed E-state index contributed by atoms with van der Waals surface area (Å²) in [7, 11) is 0.